The predicted octanol–water partition coefficient (Wildman–Crippen LogP) is 3.96. The first-order valence-electron chi connectivity index (χ1n) is 4.35. The fourth-order valence-electron chi connectivity index (χ4n) is 1.58. The van der Waals surface area contributed by atoms with Crippen molar-refractivity contribution in [3.63, 3.8) is 0 Å². The molecule has 0 aromatic heterocycles. The van der Waals surface area contributed by atoms with E-state index in [-0.39, 0.29) is 0 Å². The van der Waals surface area contributed by atoms with Crippen LogP contribution >= 0.6 is 15.9 Å². The van der Waals surface area contributed by atoms with Crippen LogP contribution in [-0.4, -0.2) is 6.17 Å². The number of hydrogen-bond acceptors (Lipinski definition) is 0. The molecule has 68 valence electrons. The molecule has 1 aliphatic rings. The molecule has 0 unspecified atom stereocenters. The molecule has 1 aliphatic carbocycles. The number of hydrogen-bond donors (Lipinski definition) is 0. The van der Waals surface area contributed by atoms with Crippen molar-refractivity contribution in [1.29, 1.82) is 0 Å². The third-order valence-corrected chi connectivity index (χ3v) is 2.81. The maximum atomic E-state index is 12.9. The first-order valence-corrected chi connectivity index (χ1v) is 5.14. The first kappa shape index (κ1) is 8.95. The van der Waals surface area contributed by atoms with Gasteiger partial charge in [0.15, 0.2) is 0 Å². The number of alkyl halides is 1. The van der Waals surface area contributed by atoms with Gasteiger partial charge in [-0.1, -0.05) is 34.1 Å². The average molecular weight is 241 g/mol. The van der Waals surface area contributed by atoms with Gasteiger partial charge in [0.25, 0.3) is 0 Å². The van der Waals surface area contributed by atoms with Crippen molar-refractivity contribution in [1.82, 2.24) is 0 Å². The lowest BCUT2D eigenvalue weighted by molar-refractivity contribution is 0.355. The number of allylic oxidation sites excluding steroid dienone is 2. The maximum Gasteiger partial charge on any atom is 0.108 e. The van der Waals surface area contributed by atoms with Crippen LogP contribution in [0.3, 0.4) is 0 Å². The van der Waals surface area contributed by atoms with Crippen molar-refractivity contribution in [2.24, 2.45) is 0 Å². The van der Waals surface area contributed by atoms with Crippen LogP contribution < -0.4 is 0 Å². The van der Waals surface area contributed by atoms with E-state index in [9.17, 15) is 4.39 Å². The van der Waals surface area contributed by atoms with Gasteiger partial charge >= 0.3 is 0 Å². The van der Waals surface area contributed by atoms with E-state index in [4.69, 9.17) is 0 Å². The summed E-state index contributed by atoms with van der Waals surface area (Å²) in [7, 11) is 0. The van der Waals surface area contributed by atoms with Gasteiger partial charge in [0.1, 0.15) is 6.17 Å². The van der Waals surface area contributed by atoms with Gasteiger partial charge in [0.05, 0.1) is 0 Å². The van der Waals surface area contributed by atoms with Gasteiger partial charge in [0, 0.05) is 10.9 Å². The highest BCUT2D eigenvalue weighted by molar-refractivity contribution is 9.10. The van der Waals surface area contributed by atoms with Crippen molar-refractivity contribution in [3.8, 4) is 0 Å². The minimum absolute atomic E-state index is 0.571. The van der Waals surface area contributed by atoms with Crippen molar-refractivity contribution in [2.45, 2.75) is 19.0 Å². The van der Waals surface area contributed by atoms with Gasteiger partial charge in [-0.3, -0.25) is 0 Å². The van der Waals surface area contributed by atoms with Crippen LogP contribution in [0.2, 0.25) is 0 Å². The molecule has 0 nitrogen and oxygen atoms in total. The zero-order valence-electron chi connectivity index (χ0n) is 7.13. The highest BCUT2D eigenvalue weighted by Crippen LogP contribution is 2.30. The molecule has 0 radical (unpaired) electrons. The highest BCUT2D eigenvalue weighted by atomic mass is 79.9. The van der Waals surface area contributed by atoms with Gasteiger partial charge in [-0.25, -0.2) is 4.39 Å². The zero-order valence-corrected chi connectivity index (χ0v) is 8.72. The molecule has 0 saturated carbocycles. The molecule has 1 aromatic carbocycles. The molecule has 13 heavy (non-hydrogen) atoms. The maximum absolute atomic E-state index is 12.9. The third kappa shape index (κ3) is 1.99. The Morgan fingerprint density at radius 2 is 1.92 bits per heavy atom. The Kier molecular flexibility index (Phi) is 2.49. The molecule has 1 atom stereocenters. The van der Waals surface area contributed by atoms with Crippen molar-refractivity contribution in [3.05, 3.63) is 40.4 Å². The summed E-state index contributed by atoms with van der Waals surface area (Å²) in [5.74, 6) is 0. The third-order valence-electron chi connectivity index (χ3n) is 2.28. The summed E-state index contributed by atoms with van der Waals surface area (Å²) < 4.78 is 13.9. The minimum Gasteiger partial charge on any atom is -0.247 e. The minimum atomic E-state index is -0.668. The van der Waals surface area contributed by atoms with Crippen LogP contribution in [-0.2, 0) is 0 Å². The first-order chi connectivity index (χ1) is 6.25. The summed E-state index contributed by atoms with van der Waals surface area (Å²) in [6.07, 6.45) is 2.47. The van der Waals surface area contributed by atoms with E-state index >= 15 is 0 Å². The largest absolute Gasteiger partial charge is 0.247 e. The fourth-order valence-corrected chi connectivity index (χ4v) is 1.84. The molecule has 0 fully saturated rings. The van der Waals surface area contributed by atoms with Crippen LogP contribution in [0, 0.1) is 0 Å². The van der Waals surface area contributed by atoms with E-state index in [1.54, 1.807) is 0 Å². The van der Waals surface area contributed by atoms with Crippen LogP contribution in [0.1, 0.15) is 18.4 Å². The van der Waals surface area contributed by atoms with E-state index in [0.717, 1.165) is 15.6 Å². The summed E-state index contributed by atoms with van der Waals surface area (Å²) in [5.41, 5.74) is 2.28. The summed E-state index contributed by atoms with van der Waals surface area (Å²) in [5, 5.41) is 0. The topological polar surface area (TPSA) is 0 Å². The SMILES string of the molecule is F[C@@H]1CC=C(c2ccc(Br)cc2)C1. The van der Waals surface area contributed by atoms with Gasteiger partial charge in [-0.05, 0) is 29.7 Å². The Balaban J connectivity index is 2.22. The number of benzene rings is 1. The Labute approximate surface area is 85.6 Å². The Morgan fingerprint density at radius 1 is 1.23 bits per heavy atom. The van der Waals surface area contributed by atoms with Crippen LogP contribution in [0.5, 0.6) is 0 Å². The van der Waals surface area contributed by atoms with E-state index in [2.05, 4.69) is 15.9 Å². The molecule has 0 heterocycles. The van der Waals surface area contributed by atoms with Crippen LogP contribution in [0.15, 0.2) is 34.8 Å². The standard InChI is InChI=1S/C11H10BrF/c12-10-4-1-8(2-5-10)9-3-6-11(13)7-9/h1-5,11H,6-7H2/t11-/m1/s1. The average Bonchev–Trinajstić information content (AvgIpc) is 2.53. The lowest BCUT2D eigenvalue weighted by atomic mass is 10.1. The Morgan fingerprint density at radius 3 is 2.46 bits per heavy atom. The smallest absolute Gasteiger partial charge is 0.108 e. The molecule has 0 bridgehead atoms. The Bertz CT molecular complexity index is 326. The summed E-state index contributed by atoms with van der Waals surface area (Å²) in [4.78, 5) is 0. The normalized spacial score (nSPS) is 21.7. The zero-order chi connectivity index (χ0) is 9.26. The number of halogens is 2. The van der Waals surface area contributed by atoms with E-state index < -0.39 is 6.17 Å². The Hall–Kier alpha value is -0.630. The number of rotatable bonds is 1. The lowest BCUT2D eigenvalue weighted by Crippen LogP contribution is -1.90. The van der Waals surface area contributed by atoms with Gasteiger partial charge in [0.2, 0.25) is 0 Å². The fraction of sp³-hybridized carbons (Fsp3) is 0.273. The summed E-state index contributed by atoms with van der Waals surface area (Å²) in [6, 6.07) is 8.02. The van der Waals surface area contributed by atoms with Crippen molar-refractivity contribution < 1.29 is 4.39 Å². The molecule has 0 N–H and O–H groups in total. The van der Waals surface area contributed by atoms with Gasteiger partial charge < -0.3 is 0 Å². The van der Waals surface area contributed by atoms with Crippen molar-refractivity contribution >= 4 is 21.5 Å². The summed E-state index contributed by atoms with van der Waals surface area (Å²) in [6.45, 7) is 0. The second-order valence-corrected chi connectivity index (χ2v) is 4.19. The van der Waals surface area contributed by atoms with Crippen LogP contribution in [0.4, 0.5) is 4.39 Å². The lowest BCUT2D eigenvalue weighted by Gasteiger charge is -2.02. The molecule has 0 spiro atoms. The van der Waals surface area contributed by atoms with Crippen LogP contribution in [0.25, 0.3) is 5.57 Å². The molecular weight excluding hydrogens is 231 g/mol. The quantitative estimate of drug-likeness (QED) is 0.697. The molecule has 0 amide bonds. The molecule has 2 heteroatoms. The van der Waals surface area contributed by atoms with E-state index in [1.807, 2.05) is 30.3 Å². The molecule has 0 saturated heterocycles. The molecule has 2 rings (SSSR count). The molecule has 0 aliphatic heterocycles. The predicted molar refractivity (Wildman–Crippen MR) is 56.2 cm³/mol. The van der Waals surface area contributed by atoms with E-state index in [0.29, 0.717) is 12.8 Å². The second kappa shape index (κ2) is 3.62. The van der Waals surface area contributed by atoms with Gasteiger partial charge in [-0.15, -0.1) is 0 Å². The molecule has 1 aromatic rings. The monoisotopic (exact) mass is 240 g/mol. The van der Waals surface area contributed by atoms with Gasteiger partial charge in [-0.2, -0.15) is 0 Å². The van der Waals surface area contributed by atoms with Crippen molar-refractivity contribution in [2.75, 3.05) is 0 Å². The summed E-state index contributed by atoms with van der Waals surface area (Å²) >= 11 is 3.37. The van der Waals surface area contributed by atoms with E-state index in [1.165, 1.54) is 0 Å². The molecular formula is C11H10BrF. The highest BCUT2D eigenvalue weighted by Gasteiger charge is 2.16. The second-order valence-electron chi connectivity index (χ2n) is 3.27.